The summed E-state index contributed by atoms with van der Waals surface area (Å²) in [6, 6.07) is 0. The van der Waals surface area contributed by atoms with Gasteiger partial charge in [0.2, 0.25) is 5.91 Å². The Hall–Kier alpha value is -0.650. The number of hydrogen-bond acceptors (Lipinski definition) is 4. The first kappa shape index (κ1) is 18.4. The molecule has 5 nitrogen and oxygen atoms in total. The van der Waals surface area contributed by atoms with E-state index in [1.165, 1.54) is 58.3 Å². The van der Waals surface area contributed by atoms with Crippen LogP contribution in [0.4, 0.5) is 0 Å². The summed E-state index contributed by atoms with van der Waals surface area (Å²) in [6.07, 6.45) is 8.82. The van der Waals surface area contributed by atoms with Crippen LogP contribution in [0.3, 0.4) is 0 Å². The average molecular weight is 376 g/mol. The summed E-state index contributed by atoms with van der Waals surface area (Å²) < 4.78 is 6.60. The van der Waals surface area contributed by atoms with Gasteiger partial charge >= 0.3 is 0 Å². The number of hydrogen-bond donors (Lipinski definition) is 1. The predicted molar refractivity (Wildman–Crippen MR) is 105 cm³/mol. The molecule has 152 valence electrons. The number of ether oxygens (including phenoxy) is 1. The molecule has 4 aliphatic heterocycles. The Morgan fingerprint density at radius 2 is 1.96 bits per heavy atom. The number of piperidine rings is 1. The molecule has 4 atom stereocenters. The first-order valence-electron chi connectivity index (χ1n) is 11.3. The molecular weight excluding hydrogens is 338 g/mol. The molecule has 5 fully saturated rings. The zero-order valence-electron chi connectivity index (χ0n) is 17.2. The van der Waals surface area contributed by atoms with Crippen molar-refractivity contribution in [3.63, 3.8) is 0 Å². The zero-order valence-corrected chi connectivity index (χ0v) is 17.2. The van der Waals surface area contributed by atoms with Gasteiger partial charge in [0.05, 0.1) is 11.7 Å². The quantitative estimate of drug-likeness (QED) is 0.799. The highest BCUT2D eigenvalue weighted by molar-refractivity contribution is 5.79. The maximum atomic E-state index is 12.3. The second-order valence-electron chi connectivity index (χ2n) is 10.7. The van der Waals surface area contributed by atoms with Crippen LogP contribution < -0.4 is 5.32 Å². The van der Waals surface area contributed by atoms with E-state index >= 15 is 0 Å². The summed E-state index contributed by atoms with van der Waals surface area (Å²) >= 11 is 0. The smallest absolute Gasteiger partial charge is 0.223 e. The van der Waals surface area contributed by atoms with E-state index < -0.39 is 0 Å². The highest BCUT2D eigenvalue weighted by atomic mass is 16.5. The van der Waals surface area contributed by atoms with Gasteiger partial charge in [0, 0.05) is 43.9 Å². The van der Waals surface area contributed by atoms with Gasteiger partial charge in [-0.2, -0.15) is 0 Å². The second kappa shape index (κ2) is 6.70. The molecule has 4 heterocycles. The summed E-state index contributed by atoms with van der Waals surface area (Å²) in [5.74, 6) is 1.74. The second-order valence-corrected chi connectivity index (χ2v) is 10.7. The van der Waals surface area contributed by atoms with Gasteiger partial charge in [0.15, 0.2) is 0 Å². The lowest BCUT2D eigenvalue weighted by atomic mass is 9.73. The molecule has 1 amide bonds. The molecule has 5 aliphatic rings. The van der Waals surface area contributed by atoms with Gasteiger partial charge < -0.3 is 15.0 Å². The molecule has 1 saturated carbocycles. The molecule has 1 N–H and O–H groups in total. The fourth-order valence-electron chi connectivity index (χ4n) is 6.57. The fraction of sp³-hybridized carbons (Fsp3) is 0.955. The van der Waals surface area contributed by atoms with Crippen LogP contribution in [0.2, 0.25) is 0 Å². The lowest BCUT2D eigenvalue weighted by Gasteiger charge is -2.40. The minimum absolute atomic E-state index is 0.0956. The number of nitrogens with zero attached hydrogens (tertiary/aromatic N) is 2. The largest absolute Gasteiger partial charge is 0.370 e. The highest BCUT2D eigenvalue weighted by Gasteiger charge is 2.63. The molecule has 4 saturated heterocycles. The molecule has 5 heteroatoms. The van der Waals surface area contributed by atoms with Crippen molar-refractivity contribution in [1.82, 2.24) is 15.1 Å². The Labute approximate surface area is 164 Å². The van der Waals surface area contributed by atoms with Crippen LogP contribution >= 0.6 is 0 Å². The number of fused-ring (bicyclic) bond motifs is 1. The lowest BCUT2D eigenvalue weighted by molar-refractivity contribution is -0.127. The standard InChI is InChI=1S/C22H37N3O2/c1-21(8-10-24(2)11-9-21)14-25-13-18-17(12-23-20(26)16-4-3-5-16)19-6-7-22(18,15-25)27-19/h16-19H,3-15H2,1-2H3,(H,23,26)/t17-,18+,19+,22+/m0/s1. The van der Waals surface area contributed by atoms with Crippen LogP contribution in [-0.2, 0) is 9.53 Å². The van der Waals surface area contributed by atoms with Crippen LogP contribution in [0.5, 0.6) is 0 Å². The van der Waals surface area contributed by atoms with E-state index in [0.717, 1.165) is 25.9 Å². The van der Waals surface area contributed by atoms with Crippen molar-refractivity contribution < 1.29 is 9.53 Å². The third-order valence-corrected chi connectivity index (χ3v) is 8.64. The number of rotatable bonds is 5. The van der Waals surface area contributed by atoms with E-state index in [-0.39, 0.29) is 5.60 Å². The Kier molecular flexibility index (Phi) is 4.56. The fourth-order valence-corrected chi connectivity index (χ4v) is 6.57. The SMILES string of the molecule is CN1CCC(C)(CN2C[C@@H]3[C@H](CNC(=O)C4CCC4)[C@H]4CC[C@]3(C2)O4)CC1. The number of likely N-dealkylation sites (tertiary alicyclic amines) is 2. The molecule has 0 aromatic carbocycles. The van der Waals surface area contributed by atoms with E-state index in [9.17, 15) is 4.79 Å². The topological polar surface area (TPSA) is 44.8 Å². The lowest BCUT2D eigenvalue weighted by Crippen LogP contribution is -2.44. The summed E-state index contributed by atoms with van der Waals surface area (Å²) in [6.45, 7) is 9.29. The molecule has 2 bridgehead atoms. The summed E-state index contributed by atoms with van der Waals surface area (Å²) in [5, 5.41) is 3.29. The van der Waals surface area contributed by atoms with Crippen LogP contribution in [0.1, 0.15) is 51.9 Å². The number of amides is 1. The Morgan fingerprint density at radius 3 is 2.67 bits per heavy atom. The number of carbonyl (C=O) groups is 1. The molecule has 1 spiro atoms. The van der Waals surface area contributed by atoms with Crippen molar-refractivity contribution in [1.29, 1.82) is 0 Å². The molecule has 0 aromatic rings. The van der Waals surface area contributed by atoms with E-state index in [2.05, 4.69) is 29.1 Å². The Balaban J connectivity index is 1.20. The number of carbonyl (C=O) groups excluding carboxylic acids is 1. The molecule has 0 aromatic heterocycles. The van der Waals surface area contributed by atoms with Crippen LogP contribution in [-0.4, -0.2) is 73.7 Å². The molecule has 1 aliphatic carbocycles. The first-order chi connectivity index (χ1) is 13.0. The van der Waals surface area contributed by atoms with Crippen molar-refractivity contribution in [3.05, 3.63) is 0 Å². The summed E-state index contributed by atoms with van der Waals surface area (Å²) in [5.41, 5.74) is 0.548. The monoisotopic (exact) mass is 375 g/mol. The van der Waals surface area contributed by atoms with Crippen molar-refractivity contribution >= 4 is 5.91 Å². The van der Waals surface area contributed by atoms with Crippen LogP contribution in [0.15, 0.2) is 0 Å². The zero-order chi connectivity index (χ0) is 18.6. The van der Waals surface area contributed by atoms with Gasteiger partial charge in [-0.1, -0.05) is 13.3 Å². The van der Waals surface area contributed by atoms with Crippen molar-refractivity contribution in [2.24, 2.45) is 23.2 Å². The van der Waals surface area contributed by atoms with Gasteiger partial charge in [0.25, 0.3) is 0 Å². The third kappa shape index (κ3) is 3.24. The summed E-state index contributed by atoms with van der Waals surface area (Å²) in [4.78, 5) is 17.5. The first-order valence-corrected chi connectivity index (χ1v) is 11.3. The van der Waals surface area contributed by atoms with Gasteiger partial charge in [-0.05, 0) is 64.1 Å². The average Bonchev–Trinajstić information content (AvgIpc) is 3.22. The Bertz CT molecular complexity index is 584. The molecule has 5 rings (SSSR count). The minimum Gasteiger partial charge on any atom is -0.370 e. The molecule has 27 heavy (non-hydrogen) atoms. The van der Waals surface area contributed by atoms with E-state index in [4.69, 9.17) is 4.74 Å². The predicted octanol–water partition coefficient (Wildman–Crippen LogP) is 2.11. The maximum Gasteiger partial charge on any atom is 0.223 e. The number of nitrogens with one attached hydrogen (secondary N) is 1. The van der Waals surface area contributed by atoms with Gasteiger partial charge in [0.1, 0.15) is 0 Å². The van der Waals surface area contributed by atoms with E-state index in [0.29, 0.717) is 35.2 Å². The minimum atomic E-state index is 0.0956. The molecule has 0 radical (unpaired) electrons. The van der Waals surface area contributed by atoms with Crippen LogP contribution in [0, 0.1) is 23.2 Å². The van der Waals surface area contributed by atoms with Gasteiger partial charge in [-0.25, -0.2) is 0 Å². The third-order valence-electron chi connectivity index (χ3n) is 8.64. The van der Waals surface area contributed by atoms with Crippen molar-refractivity contribution in [3.8, 4) is 0 Å². The highest BCUT2D eigenvalue weighted by Crippen LogP contribution is 2.55. The Morgan fingerprint density at radius 1 is 1.19 bits per heavy atom. The molecule has 0 unspecified atom stereocenters. The van der Waals surface area contributed by atoms with E-state index in [1.807, 2.05) is 0 Å². The maximum absolute atomic E-state index is 12.3. The van der Waals surface area contributed by atoms with Crippen molar-refractivity contribution in [2.45, 2.75) is 63.6 Å². The summed E-state index contributed by atoms with van der Waals surface area (Å²) in [7, 11) is 2.24. The van der Waals surface area contributed by atoms with Gasteiger partial charge in [-0.15, -0.1) is 0 Å². The normalized spacial score (nSPS) is 41.5. The van der Waals surface area contributed by atoms with Crippen molar-refractivity contribution in [2.75, 3.05) is 46.3 Å². The molecular formula is C22H37N3O2. The van der Waals surface area contributed by atoms with E-state index in [1.54, 1.807) is 0 Å². The van der Waals surface area contributed by atoms with Gasteiger partial charge in [-0.3, -0.25) is 9.69 Å². The van der Waals surface area contributed by atoms with Crippen LogP contribution in [0.25, 0.3) is 0 Å².